The molecule has 152 valence electrons. The third-order valence-electron chi connectivity index (χ3n) is 5.21. The molecule has 5 nitrogen and oxygen atoms in total. The van der Waals surface area contributed by atoms with Crippen molar-refractivity contribution in [3.05, 3.63) is 96.1 Å². The lowest BCUT2D eigenvalue weighted by atomic mass is 10.00. The molecule has 1 aliphatic heterocycles. The molecule has 30 heavy (non-hydrogen) atoms. The average molecular weight is 400 g/mol. The zero-order valence-electron chi connectivity index (χ0n) is 16.7. The Bertz CT molecular complexity index is 966. The van der Waals surface area contributed by atoms with Gasteiger partial charge in [-0.05, 0) is 41.8 Å². The molecule has 0 aromatic heterocycles. The Kier molecular flexibility index (Phi) is 6.20. The molecule has 0 aliphatic carbocycles. The number of amides is 2. The van der Waals surface area contributed by atoms with Crippen LogP contribution in [0.4, 0.5) is 11.4 Å². The van der Waals surface area contributed by atoms with Crippen LogP contribution in [0.25, 0.3) is 0 Å². The number of hydrogen-bond acceptors (Lipinski definition) is 3. The fourth-order valence-electron chi connectivity index (χ4n) is 3.68. The molecule has 2 amide bonds. The van der Waals surface area contributed by atoms with Crippen molar-refractivity contribution in [2.75, 3.05) is 24.7 Å². The second-order valence-corrected chi connectivity index (χ2v) is 7.23. The summed E-state index contributed by atoms with van der Waals surface area (Å²) in [6.45, 7) is 0.991. The van der Waals surface area contributed by atoms with Crippen molar-refractivity contribution < 1.29 is 14.3 Å². The smallest absolute Gasteiger partial charge is 0.257 e. The van der Waals surface area contributed by atoms with Crippen molar-refractivity contribution in [1.82, 2.24) is 4.90 Å². The number of carbonyl (C=O) groups excluding carboxylic acids is 2. The van der Waals surface area contributed by atoms with Crippen LogP contribution in [0.5, 0.6) is 0 Å². The minimum atomic E-state index is -0.218. The van der Waals surface area contributed by atoms with E-state index in [4.69, 9.17) is 4.74 Å². The van der Waals surface area contributed by atoms with Crippen LogP contribution in [0.15, 0.2) is 84.9 Å². The molecule has 3 aromatic rings. The first kappa shape index (κ1) is 19.9. The van der Waals surface area contributed by atoms with E-state index in [-0.39, 0.29) is 25.0 Å². The highest BCUT2D eigenvalue weighted by Gasteiger charge is 2.22. The van der Waals surface area contributed by atoms with Crippen LogP contribution in [-0.2, 0) is 27.3 Å². The van der Waals surface area contributed by atoms with E-state index in [0.29, 0.717) is 13.1 Å². The molecule has 0 saturated carbocycles. The van der Waals surface area contributed by atoms with E-state index in [2.05, 4.69) is 12.1 Å². The summed E-state index contributed by atoms with van der Waals surface area (Å²) in [4.78, 5) is 28.9. The normalized spacial score (nSPS) is 12.9. The molecular weight excluding hydrogens is 376 g/mol. The number of fused-ring (bicyclic) bond motifs is 1. The summed E-state index contributed by atoms with van der Waals surface area (Å²) in [5.74, 6) is -0.313. The molecular formula is C25H24N2O3. The minimum Gasteiger partial charge on any atom is -0.362 e. The number of rotatable bonds is 6. The number of nitrogens with zero attached hydrogens (tertiary/aromatic N) is 2. The Hall–Kier alpha value is -3.44. The topological polar surface area (TPSA) is 49.9 Å². The van der Waals surface area contributed by atoms with E-state index in [1.807, 2.05) is 72.8 Å². The number of carbonyl (C=O) groups is 2. The van der Waals surface area contributed by atoms with Crippen LogP contribution >= 0.6 is 0 Å². The van der Waals surface area contributed by atoms with Gasteiger partial charge in [0.1, 0.15) is 13.2 Å². The molecule has 0 radical (unpaired) electrons. The molecule has 0 fully saturated rings. The van der Waals surface area contributed by atoms with Gasteiger partial charge in [-0.3, -0.25) is 14.5 Å². The van der Waals surface area contributed by atoms with Crippen LogP contribution in [0.3, 0.4) is 0 Å². The Morgan fingerprint density at radius 2 is 1.33 bits per heavy atom. The fourth-order valence-corrected chi connectivity index (χ4v) is 3.68. The van der Waals surface area contributed by atoms with Crippen LogP contribution in [0.2, 0.25) is 0 Å². The summed E-state index contributed by atoms with van der Waals surface area (Å²) in [6, 6.07) is 27.0. The van der Waals surface area contributed by atoms with Gasteiger partial charge in [0.2, 0.25) is 5.91 Å². The van der Waals surface area contributed by atoms with E-state index in [1.54, 1.807) is 9.80 Å². The lowest BCUT2D eigenvalue weighted by Crippen LogP contribution is -2.39. The van der Waals surface area contributed by atoms with Gasteiger partial charge in [-0.1, -0.05) is 60.7 Å². The van der Waals surface area contributed by atoms with Crippen LogP contribution in [-0.4, -0.2) is 36.5 Å². The molecule has 0 bridgehead atoms. The third-order valence-corrected chi connectivity index (χ3v) is 5.21. The zero-order chi connectivity index (χ0) is 20.8. The fraction of sp³-hybridized carbons (Fsp3) is 0.200. The van der Waals surface area contributed by atoms with Gasteiger partial charge < -0.3 is 9.64 Å². The van der Waals surface area contributed by atoms with Gasteiger partial charge in [-0.15, -0.1) is 0 Å². The molecule has 4 rings (SSSR count). The molecule has 3 aromatic carbocycles. The van der Waals surface area contributed by atoms with Gasteiger partial charge in [0.05, 0.1) is 0 Å². The highest BCUT2D eigenvalue weighted by molar-refractivity contribution is 6.01. The van der Waals surface area contributed by atoms with Gasteiger partial charge in [-0.2, -0.15) is 0 Å². The van der Waals surface area contributed by atoms with Gasteiger partial charge in [0.25, 0.3) is 5.91 Å². The molecule has 0 unspecified atom stereocenters. The number of para-hydroxylation sites is 2. The van der Waals surface area contributed by atoms with E-state index in [9.17, 15) is 9.59 Å². The lowest BCUT2D eigenvalue weighted by molar-refractivity contribution is -0.138. The summed E-state index contributed by atoms with van der Waals surface area (Å²) < 4.78 is 5.54. The van der Waals surface area contributed by atoms with Crippen LogP contribution in [0, 0.1) is 0 Å². The maximum Gasteiger partial charge on any atom is 0.257 e. The first-order valence-electron chi connectivity index (χ1n) is 10.1. The summed E-state index contributed by atoms with van der Waals surface area (Å²) in [6.07, 6.45) is 0.844. The predicted molar refractivity (Wildman–Crippen MR) is 116 cm³/mol. The summed E-state index contributed by atoms with van der Waals surface area (Å²) in [7, 11) is 0. The molecule has 1 aliphatic rings. The van der Waals surface area contributed by atoms with Crippen molar-refractivity contribution in [2.45, 2.75) is 13.0 Å². The van der Waals surface area contributed by atoms with Gasteiger partial charge in [0, 0.05) is 24.5 Å². The number of benzene rings is 3. The van der Waals surface area contributed by atoms with Crippen LogP contribution < -0.4 is 4.90 Å². The van der Waals surface area contributed by atoms with Crippen molar-refractivity contribution in [1.29, 1.82) is 0 Å². The van der Waals surface area contributed by atoms with E-state index >= 15 is 0 Å². The monoisotopic (exact) mass is 400 g/mol. The largest absolute Gasteiger partial charge is 0.362 e. The summed E-state index contributed by atoms with van der Waals surface area (Å²) >= 11 is 0. The van der Waals surface area contributed by atoms with Gasteiger partial charge >= 0.3 is 0 Å². The Labute approximate surface area is 176 Å². The number of hydrogen-bond donors (Lipinski definition) is 0. The molecule has 1 heterocycles. The second kappa shape index (κ2) is 9.37. The van der Waals surface area contributed by atoms with Crippen molar-refractivity contribution >= 4 is 23.2 Å². The Morgan fingerprint density at radius 3 is 1.97 bits per heavy atom. The quantitative estimate of drug-likeness (QED) is 0.630. The average Bonchev–Trinajstić information content (AvgIpc) is 2.80. The standard InChI is InChI=1S/C25H24N2O3/c28-24(26-16-15-20-9-7-8-10-21(20)17-26)18-30-19-25(29)27(22-11-3-1-4-12-22)23-13-5-2-6-14-23/h1-14H,15-19H2. The second-order valence-electron chi connectivity index (χ2n) is 7.23. The molecule has 0 spiro atoms. The maximum absolute atomic E-state index is 12.9. The highest BCUT2D eigenvalue weighted by atomic mass is 16.5. The van der Waals surface area contributed by atoms with Crippen molar-refractivity contribution in [3.8, 4) is 0 Å². The van der Waals surface area contributed by atoms with E-state index < -0.39 is 0 Å². The predicted octanol–water partition coefficient (Wildman–Crippen LogP) is 3.95. The van der Waals surface area contributed by atoms with E-state index in [0.717, 1.165) is 17.8 Å². The zero-order valence-corrected chi connectivity index (χ0v) is 16.7. The summed E-state index contributed by atoms with van der Waals surface area (Å²) in [5.41, 5.74) is 3.99. The molecule has 0 atom stereocenters. The lowest BCUT2D eigenvalue weighted by Gasteiger charge is -2.29. The van der Waals surface area contributed by atoms with Crippen molar-refractivity contribution in [3.63, 3.8) is 0 Å². The SMILES string of the molecule is O=C(COCC(=O)N(c1ccccc1)c1ccccc1)N1CCc2ccccc2C1. The van der Waals surface area contributed by atoms with Crippen LogP contribution in [0.1, 0.15) is 11.1 Å². The molecule has 0 N–H and O–H groups in total. The minimum absolute atomic E-state index is 0.0942. The van der Waals surface area contributed by atoms with E-state index in [1.165, 1.54) is 11.1 Å². The highest BCUT2D eigenvalue weighted by Crippen LogP contribution is 2.25. The number of anilines is 2. The molecule has 5 heteroatoms. The van der Waals surface area contributed by atoms with Crippen molar-refractivity contribution in [2.24, 2.45) is 0 Å². The Morgan fingerprint density at radius 1 is 0.767 bits per heavy atom. The van der Waals surface area contributed by atoms with Gasteiger partial charge in [0.15, 0.2) is 0 Å². The Balaban J connectivity index is 1.37. The molecule has 0 saturated heterocycles. The first-order valence-corrected chi connectivity index (χ1v) is 10.1. The van der Waals surface area contributed by atoms with Gasteiger partial charge in [-0.25, -0.2) is 0 Å². The summed E-state index contributed by atoms with van der Waals surface area (Å²) in [5, 5.41) is 0. The number of ether oxygens (including phenoxy) is 1. The maximum atomic E-state index is 12.9. The third kappa shape index (κ3) is 4.58. The first-order chi connectivity index (χ1) is 14.7.